The van der Waals surface area contributed by atoms with Gasteiger partial charge in [0.25, 0.3) is 0 Å². The Morgan fingerprint density at radius 1 is 1.38 bits per heavy atom. The average Bonchev–Trinajstić information content (AvgIpc) is 2.46. The van der Waals surface area contributed by atoms with Crippen molar-refractivity contribution in [1.82, 2.24) is 10.3 Å². The molecule has 1 N–H and O–H groups in total. The molecule has 0 spiro atoms. The molecule has 1 fully saturated rings. The van der Waals surface area contributed by atoms with Gasteiger partial charge in [0.15, 0.2) is 0 Å². The Balaban J connectivity index is 2.03. The zero-order valence-corrected chi connectivity index (χ0v) is 12.6. The first-order valence-electron chi connectivity index (χ1n) is 7.08. The summed E-state index contributed by atoms with van der Waals surface area (Å²) < 4.78 is 38.0. The van der Waals surface area contributed by atoms with Crippen LogP contribution in [0.25, 0.3) is 0 Å². The Labute approximate surface area is 127 Å². The molecule has 21 heavy (non-hydrogen) atoms. The summed E-state index contributed by atoms with van der Waals surface area (Å²) in [7, 11) is 0. The average molecular weight is 322 g/mol. The monoisotopic (exact) mass is 321 g/mol. The van der Waals surface area contributed by atoms with Crippen molar-refractivity contribution in [2.45, 2.75) is 32.5 Å². The Hall–Kier alpha value is -1.01. The largest absolute Gasteiger partial charge is 0.391 e. The smallest absolute Gasteiger partial charge is 0.357 e. The molecule has 1 aliphatic rings. The summed E-state index contributed by atoms with van der Waals surface area (Å²) in [4.78, 5) is 6.14. The highest BCUT2D eigenvalue weighted by Gasteiger charge is 2.41. The molecule has 3 nitrogen and oxygen atoms in total. The van der Waals surface area contributed by atoms with Crippen molar-refractivity contribution in [2.75, 3.05) is 24.5 Å². The predicted octanol–water partition coefficient (Wildman–Crippen LogP) is 3.62. The van der Waals surface area contributed by atoms with Gasteiger partial charge in [-0.15, -0.1) is 0 Å². The van der Waals surface area contributed by atoms with Gasteiger partial charge < -0.3 is 10.2 Å². The Bertz CT molecular complexity index is 471. The lowest BCUT2D eigenvalue weighted by atomic mass is 9.96. The molecule has 7 heteroatoms. The highest BCUT2D eigenvalue weighted by molar-refractivity contribution is 6.31. The zero-order chi connectivity index (χ0) is 15.5. The molecule has 0 amide bonds. The van der Waals surface area contributed by atoms with Crippen LogP contribution in [0, 0.1) is 5.92 Å². The van der Waals surface area contributed by atoms with Crippen molar-refractivity contribution < 1.29 is 13.2 Å². The molecule has 0 saturated carbocycles. The van der Waals surface area contributed by atoms with Crippen molar-refractivity contribution >= 4 is 17.4 Å². The Morgan fingerprint density at radius 3 is 2.62 bits per heavy atom. The minimum Gasteiger partial charge on any atom is -0.357 e. The van der Waals surface area contributed by atoms with Crippen LogP contribution in [0.1, 0.15) is 25.3 Å². The van der Waals surface area contributed by atoms with Crippen LogP contribution in [0.5, 0.6) is 0 Å². The molecule has 0 aromatic carbocycles. The van der Waals surface area contributed by atoms with E-state index in [2.05, 4.69) is 10.3 Å². The van der Waals surface area contributed by atoms with Crippen LogP contribution in [-0.2, 0) is 6.54 Å². The first kappa shape index (κ1) is 16.4. The van der Waals surface area contributed by atoms with Crippen LogP contribution < -0.4 is 10.2 Å². The Morgan fingerprint density at radius 2 is 2.05 bits per heavy atom. The fraction of sp³-hybridized carbons (Fsp3) is 0.643. The molecule has 1 aromatic heterocycles. The van der Waals surface area contributed by atoms with Crippen LogP contribution in [-0.4, -0.2) is 30.8 Å². The Kier molecular flexibility index (Phi) is 5.32. The van der Waals surface area contributed by atoms with Gasteiger partial charge in [-0.05, 0) is 31.0 Å². The molecule has 0 radical (unpaired) electrons. The minimum atomic E-state index is -4.09. The van der Waals surface area contributed by atoms with Gasteiger partial charge in [-0.2, -0.15) is 13.2 Å². The maximum absolute atomic E-state index is 12.7. The number of pyridine rings is 1. The summed E-state index contributed by atoms with van der Waals surface area (Å²) in [6.07, 6.45) is -2.28. The van der Waals surface area contributed by atoms with Gasteiger partial charge in [-0.1, -0.05) is 18.5 Å². The second-order valence-electron chi connectivity index (χ2n) is 5.22. The summed E-state index contributed by atoms with van der Waals surface area (Å²) in [6, 6.07) is 1.86. The van der Waals surface area contributed by atoms with Crippen molar-refractivity contribution in [3.63, 3.8) is 0 Å². The van der Waals surface area contributed by atoms with E-state index in [1.807, 2.05) is 17.9 Å². The molecule has 0 aliphatic carbocycles. The van der Waals surface area contributed by atoms with Crippen LogP contribution in [0.4, 0.5) is 19.0 Å². The first-order chi connectivity index (χ1) is 9.91. The number of nitrogens with one attached hydrogen (secondary N) is 1. The van der Waals surface area contributed by atoms with Crippen molar-refractivity contribution in [2.24, 2.45) is 5.92 Å². The summed E-state index contributed by atoms with van der Waals surface area (Å²) in [5.41, 5.74) is 0.918. The molecule has 1 aliphatic heterocycles. The quantitative estimate of drug-likeness (QED) is 0.918. The number of alkyl halides is 3. The van der Waals surface area contributed by atoms with E-state index >= 15 is 0 Å². The third-order valence-corrected chi connectivity index (χ3v) is 4.11. The number of nitrogens with zero attached hydrogens (tertiary/aromatic N) is 2. The second-order valence-corrected chi connectivity index (χ2v) is 5.62. The molecule has 1 saturated heterocycles. The lowest BCUT2D eigenvalue weighted by molar-refractivity contribution is -0.179. The number of halogens is 4. The van der Waals surface area contributed by atoms with Gasteiger partial charge >= 0.3 is 6.18 Å². The van der Waals surface area contributed by atoms with Crippen LogP contribution >= 0.6 is 11.6 Å². The summed E-state index contributed by atoms with van der Waals surface area (Å²) in [5.74, 6) is -0.491. The van der Waals surface area contributed by atoms with Gasteiger partial charge in [0.05, 0.1) is 10.9 Å². The predicted molar refractivity (Wildman–Crippen MR) is 77.6 cm³/mol. The van der Waals surface area contributed by atoms with Crippen LogP contribution in [0.3, 0.4) is 0 Å². The normalized spacial score (nSPS) is 17.3. The minimum absolute atomic E-state index is 0.121. The van der Waals surface area contributed by atoms with Crippen molar-refractivity contribution in [3.8, 4) is 0 Å². The molecule has 2 rings (SSSR count). The molecule has 2 heterocycles. The number of piperidine rings is 1. The molecule has 0 unspecified atom stereocenters. The second kappa shape index (κ2) is 6.83. The summed E-state index contributed by atoms with van der Waals surface area (Å²) in [6.45, 7) is 4.20. The van der Waals surface area contributed by atoms with Crippen molar-refractivity contribution in [1.29, 1.82) is 0 Å². The van der Waals surface area contributed by atoms with E-state index in [0.29, 0.717) is 30.5 Å². The standard InChI is InChI=1S/C14H19ClF3N3/c1-2-19-8-10-7-13(20-9-12(10)15)21-5-3-11(4-6-21)14(16,17)18/h7,9,11,19H,2-6,8H2,1H3. The van der Waals surface area contributed by atoms with E-state index in [1.54, 1.807) is 6.20 Å². The van der Waals surface area contributed by atoms with Gasteiger partial charge in [0.2, 0.25) is 0 Å². The molecule has 0 bridgehead atoms. The topological polar surface area (TPSA) is 28.2 Å². The van der Waals surface area contributed by atoms with Gasteiger partial charge in [0, 0.05) is 25.8 Å². The van der Waals surface area contributed by atoms with Crippen LogP contribution in [0.2, 0.25) is 5.02 Å². The zero-order valence-electron chi connectivity index (χ0n) is 11.9. The molecular weight excluding hydrogens is 303 g/mol. The third kappa shape index (κ3) is 4.23. The third-order valence-electron chi connectivity index (χ3n) is 3.77. The van der Waals surface area contributed by atoms with E-state index in [9.17, 15) is 13.2 Å². The summed E-state index contributed by atoms with van der Waals surface area (Å²) >= 11 is 6.08. The fourth-order valence-corrected chi connectivity index (χ4v) is 2.64. The highest BCUT2D eigenvalue weighted by atomic mass is 35.5. The van der Waals surface area contributed by atoms with E-state index in [-0.39, 0.29) is 12.8 Å². The highest BCUT2D eigenvalue weighted by Crippen LogP contribution is 2.35. The maximum atomic E-state index is 12.7. The first-order valence-corrected chi connectivity index (χ1v) is 7.46. The lowest BCUT2D eigenvalue weighted by Crippen LogP contribution is -2.39. The molecule has 0 atom stereocenters. The van der Waals surface area contributed by atoms with Crippen LogP contribution in [0.15, 0.2) is 12.3 Å². The van der Waals surface area contributed by atoms with Gasteiger partial charge in [-0.25, -0.2) is 4.98 Å². The number of hydrogen-bond acceptors (Lipinski definition) is 3. The summed E-state index contributed by atoms with van der Waals surface area (Å²) in [5, 5.41) is 3.76. The maximum Gasteiger partial charge on any atom is 0.391 e. The number of aromatic nitrogens is 1. The van der Waals surface area contributed by atoms with Gasteiger partial charge in [-0.3, -0.25) is 0 Å². The number of hydrogen-bond donors (Lipinski definition) is 1. The molecule has 118 valence electrons. The fourth-order valence-electron chi connectivity index (χ4n) is 2.47. The number of anilines is 1. The van der Waals surface area contributed by atoms with E-state index in [0.717, 1.165) is 12.1 Å². The van der Waals surface area contributed by atoms with E-state index in [4.69, 9.17) is 11.6 Å². The van der Waals surface area contributed by atoms with E-state index < -0.39 is 12.1 Å². The SMILES string of the molecule is CCNCc1cc(N2CCC(C(F)(F)F)CC2)ncc1Cl. The van der Waals surface area contributed by atoms with Gasteiger partial charge in [0.1, 0.15) is 5.82 Å². The lowest BCUT2D eigenvalue weighted by Gasteiger charge is -2.33. The number of rotatable bonds is 4. The van der Waals surface area contributed by atoms with Crippen molar-refractivity contribution in [3.05, 3.63) is 22.8 Å². The molecule has 1 aromatic rings. The van der Waals surface area contributed by atoms with E-state index in [1.165, 1.54) is 0 Å². The molecular formula is C14H19ClF3N3.